The molecule has 0 saturated carbocycles. The molecule has 118 valence electrons. The Balaban J connectivity index is 3.39. The number of nitrogens with zero attached hydrogens (tertiary/aromatic N) is 2. The normalized spacial score (nSPS) is 9.18. The number of nitriles is 1. The van der Waals surface area contributed by atoms with Crippen molar-refractivity contribution >= 4 is 11.9 Å². The molecule has 0 aliphatic carbocycles. The van der Waals surface area contributed by atoms with Crippen LogP contribution < -0.4 is 0 Å². The summed E-state index contributed by atoms with van der Waals surface area (Å²) < 4.78 is 14.9. The number of esters is 2. The Labute approximate surface area is 129 Å². The molecule has 0 unspecified atom stereocenters. The summed E-state index contributed by atoms with van der Waals surface area (Å²) in [5.74, 6) is -1.41. The smallest absolute Gasteiger partial charge is 0.348 e. The summed E-state index contributed by atoms with van der Waals surface area (Å²) in [4.78, 5) is 25.0. The van der Waals surface area contributed by atoms with Crippen molar-refractivity contribution in [3.05, 3.63) is 35.8 Å². The van der Waals surface area contributed by atoms with E-state index < -0.39 is 11.9 Å². The number of carbonyl (C=O) groups is 2. The average Bonchev–Trinajstić information content (AvgIpc) is 2.54. The van der Waals surface area contributed by atoms with Gasteiger partial charge in [0.15, 0.2) is 0 Å². The van der Waals surface area contributed by atoms with Crippen LogP contribution in [0.5, 0.6) is 0 Å². The molecule has 7 heteroatoms. The molecule has 0 rings (SSSR count). The maximum absolute atomic E-state index is 11.1. The van der Waals surface area contributed by atoms with E-state index in [1.54, 1.807) is 6.07 Å². The predicted octanol–water partition coefficient (Wildman–Crippen LogP) is 1.77. The lowest BCUT2D eigenvalue weighted by Crippen LogP contribution is -2.09. The van der Waals surface area contributed by atoms with Crippen LogP contribution in [-0.4, -0.2) is 38.4 Å². The van der Waals surface area contributed by atoms with Gasteiger partial charge in [0.25, 0.3) is 5.70 Å². The van der Waals surface area contributed by atoms with Crippen LogP contribution in [0.15, 0.2) is 24.4 Å². The lowest BCUT2D eigenvalue weighted by Gasteiger charge is -2.06. The number of hydrogen-bond acceptors (Lipinski definition) is 6. The van der Waals surface area contributed by atoms with Gasteiger partial charge in [-0.05, 0) is 12.8 Å². The second kappa shape index (κ2) is 12.1. The zero-order valence-electron chi connectivity index (χ0n) is 12.3. The van der Waals surface area contributed by atoms with Crippen molar-refractivity contribution in [3.8, 4) is 6.07 Å². The maximum atomic E-state index is 11.1. The maximum Gasteiger partial charge on any atom is 0.348 e. The monoisotopic (exact) mass is 306 g/mol. The Morgan fingerprint density at radius 1 is 1.00 bits per heavy atom. The van der Waals surface area contributed by atoms with E-state index in [0.717, 1.165) is 0 Å². The van der Waals surface area contributed by atoms with E-state index in [4.69, 9.17) is 26.0 Å². The molecule has 22 heavy (non-hydrogen) atoms. The fourth-order valence-corrected chi connectivity index (χ4v) is 1.16. The third-order valence-electron chi connectivity index (χ3n) is 2.33. The lowest BCUT2D eigenvalue weighted by atomic mass is 10.3. The van der Waals surface area contributed by atoms with Crippen molar-refractivity contribution in [2.75, 3.05) is 26.4 Å². The van der Waals surface area contributed by atoms with Gasteiger partial charge in [-0.2, -0.15) is 5.26 Å². The van der Waals surface area contributed by atoms with Gasteiger partial charge in [-0.25, -0.2) is 9.64 Å². The van der Waals surface area contributed by atoms with Crippen molar-refractivity contribution in [2.45, 2.75) is 19.3 Å². The van der Waals surface area contributed by atoms with Gasteiger partial charge in [0.05, 0.1) is 19.8 Å². The second-order valence-electron chi connectivity index (χ2n) is 4.09. The minimum absolute atomic E-state index is 0.168. The minimum atomic E-state index is -0.712. The van der Waals surface area contributed by atoms with Crippen molar-refractivity contribution < 1.29 is 23.8 Å². The molecule has 0 bridgehead atoms. The van der Waals surface area contributed by atoms with E-state index in [-0.39, 0.29) is 24.5 Å². The first-order chi connectivity index (χ1) is 10.5. The van der Waals surface area contributed by atoms with E-state index >= 15 is 0 Å². The van der Waals surface area contributed by atoms with Crippen LogP contribution in [0.2, 0.25) is 0 Å². The van der Waals surface area contributed by atoms with Crippen LogP contribution in [0.25, 0.3) is 4.85 Å². The molecule has 0 amide bonds. The molecule has 0 aromatic carbocycles. The van der Waals surface area contributed by atoms with E-state index in [2.05, 4.69) is 18.0 Å². The van der Waals surface area contributed by atoms with Gasteiger partial charge in [-0.15, -0.1) is 0 Å². The highest BCUT2D eigenvalue weighted by molar-refractivity contribution is 5.91. The number of rotatable bonds is 11. The second-order valence-corrected chi connectivity index (χ2v) is 4.09. The third-order valence-corrected chi connectivity index (χ3v) is 2.33. The molecule has 0 aliphatic heterocycles. The third kappa shape index (κ3) is 9.29. The summed E-state index contributed by atoms with van der Waals surface area (Å²) in [5, 5.41) is 8.41. The van der Waals surface area contributed by atoms with Gasteiger partial charge in [0, 0.05) is 19.6 Å². The zero-order chi connectivity index (χ0) is 16.8. The van der Waals surface area contributed by atoms with Crippen molar-refractivity contribution in [1.82, 2.24) is 0 Å². The lowest BCUT2D eigenvalue weighted by molar-refractivity contribution is -0.140. The number of carbonyl (C=O) groups excluding carboxylic acids is 2. The van der Waals surface area contributed by atoms with Gasteiger partial charge in [-0.1, -0.05) is 13.2 Å². The highest BCUT2D eigenvalue weighted by Crippen LogP contribution is 1.98. The van der Waals surface area contributed by atoms with E-state index in [1.165, 1.54) is 0 Å². The van der Waals surface area contributed by atoms with Gasteiger partial charge < -0.3 is 14.2 Å². The molecule has 0 N–H and O–H groups in total. The van der Waals surface area contributed by atoms with Crippen LogP contribution >= 0.6 is 0 Å². The predicted molar refractivity (Wildman–Crippen MR) is 77.1 cm³/mol. The van der Waals surface area contributed by atoms with Crippen LogP contribution in [-0.2, 0) is 23.8 Å². The molecular weight excluding hydrogens is 288 g/mol. The highest BCUT2D eigenvalue weighted by Gasteiger charge is 2.07. The molecule has 0 spiro atoms. The topological polar surface area (TPSA) is 90.0 Å². The first-order valence-electron chi connectivity index (χ1n) is 6.60. The van der Waals surface area contributed by atoms with Crippen LogP contribution in [0.3, 0.4) is 0 Å². The summed E-state index contributed by atoms with van der Waals surface area (Å²) in [6.07, 6.45) is 1.83. The summed E-state index contributed by atoms with van der Waals surface area (Å²) in [5.41, 5.74) is -0.457. The van der Waals surface area contributed by atoms with Crippen molar-refractivity contribution in [3.63, 3.8) is 0 Å². The number of hydrogen-bond donors (Lipinski definition) is 0. The summed E-state index contributed by atoms with van der Waals surface area (Å²) in [7, 11) is 0. The first kappa shape index (κ1) is 19.4. The fraction of sp³-hybridized carbons (Fsp3) is 0.467. The van der Waals surface area contributed by atoms with Crippen LogP contribution in [0.1, 0.15) is 19.3 Å². The highest BCUT2D eigenvalue weighted by atomic mass is 16.5. The molecular formula is C15H18N2O5. The number of ether oxygens (including phenoxy) is 3. The number of unbranched alkanes of at least 4 members (excludes halogenated alkanes) is 1. The van der Waals surface area contributed by atoms with Crippen molar-refractivity contribution in [2.24, 2.45) is 0 Å². The summed E-state index contributed by atoms with van der Waals surface area (Å²) in [6.45, 7) is 14.3. The standard InChI is InChI=1S/C15H18N2O5/c1-12(11-16)14(18)21-9-5-4-7-20-8-6-10-22-15(19)13(2)17-3/h1-2,4-10H2. The zero-order valence-corrected chi connectivity index (χ0v) is 12.3. The molecule has 0 heterocycles. The average molecular weight is 306 g/mol. The van der Waals surface area contributed by atoms with Crippen molar-refractivity contribution in [1.29, 1.82) is 5.26 Å². The van der Waals surface area contributed by atoms with E-state index in [1.807, 2.05) is 0 Å². The molecule has 0 radical (unpaired) electrons. The Hall–Kier alpha value is -2.64. The Morgan fingerprint density at radius 2 is 1.55 bits per heavy atom. The molecule has 0 aliphatic rings. The van der Waals surface area contributed by atoms with Crippen LogP contribution in [0, 0.1) is 17.9 Å². The quantitative estimate of drug-likeness (QED) is 0.190. The van der Waals surface area contributed by atoms with Gasteiger partial charge in [0.2, 0.25) is 0 Å². The van der Waals surface area contributed by atoms with Gasteiger partial charge in [0.1, 0.15) is 11.6 Å². The molecule has 0 fully saturated rings. The fourth-order valence-electron chi connectivity index (χ4n) is 1.16. The first-order valence-corrected chi connectivity index (χ1v) is 6.60. The minimum Gasteiger partial charge on any atom is -0.470 e. The molecule has 0 aromatic heterocycles. The van der Waals surface area contributed by atoms with E-state index in [9.17, 15) is 9.59 Å². The Morgan fingerprint density at radius 3 is 2.18 bits per heavy atom. The molecule has 7 nitrogen and oxygen atoms in total. The molecule has 0 saturated heterocycles. The SMILES string of the molecule is [C-]#[N+]C(=C)C(=O)OCCCOCCCCOC(=O)C(=C)C#N. The van der Waals surface area contributed by atoms with E-state index in [0.29, 0.717) is 32.5 Å². The summed E-state index contributed by atoms with van der Waals surface area (Å²) in [6, 6.07) is 1.61. The van der Waals surface area contributed by atoms with Crippen LogP contribution in [0.4, 0.5) is 0 Å². The molecule has 0 aromatic rings. The Kier molecular flexibility index (Phi) is 10.7. The summed E-state index contributed by atoms with van der Waals surface area (Å²) >= 11 is 0. The largest absolute Gasteiger partial charge is 0.470 e. The Bertz CT molecular complexity index is 453. The molecule has 0 atom stereocenters. The van der Waals surface area contributed by atoms with Gasteiger partial charge >= 0.3 is 11.9 Å². The van der Waals surface area contributed by atoms with Gasteiger partial charge in [-0.3, -0.25) is 4.79 Å².